The summed E-state index contributed by atoms with van der Waals surface area (Å²) in [7, 11) is 0. The molecule has 4 rings (SSSR count). The van der Waals surface area contributed by atoms with Gasteiger partial charge in [-0.15, -0.1) is 0 Å². The lowest BCUT2D eigenvalue weighted by Gasteiger charge is -2.32. The number of hydrogen-bond acceptors (Lipinski definition) is 4. The normalized spacial score (nSPS) is 19.0. The van der Waals surface area contributed by atoms with Crippen molar-refractivity contribution >= 4 is 11.9 Å². The van der Waals surface area contributed by atoms with Crippen molar-refractivity contribution in [1.29, 1.82) is 0 Å². The zero-order valence-electron chi connectivity index (χ0n) is 16.4. The highest BCUT2D eigenvalue weighted by Crippen LogP contribution is 2.43. The van der Waals surface area contributed by atoms with Crippen LogP contribution in [0.4, 0.5) is 0 Å². The summed E-state index contributed by atoms with van der Waals surface area (Å²) in [5.74, 6) is -0.433. The number of carbonyl (C=O) groups is 2. The van der Waals surface area contributed by atoms with E-state index in [0.717, 1.165) is 43.4 Å². The van der Waals surface area contributed by atoms with Crippen LogP contribution in [-0.4, -0.2) is 54.5 Å². The van der Waals surface area contributed by atoms with E-state index < -0.39 is 5.97 Å². The van der Waals surface area contributed by atoms with E-state index >= 15 is 0 Å². The third kappa shape index (κ3) is 3.43. The third-order valence-corrected chi connectivity index (χ3v) is 6.01. The van der Waals surface area contributed by atoms with Gasteiger partial charge in [-0.1, -0.05) is 6.92 Å². The van der Waals surface area contributed by atoms with Crippen LogP contribution in [0, 0.1) is 0 Å². The fraction of sp³-hybridized carbons (Fsp3) is 0.600. The molecule has 0 bridgehead atoms. The van der Waals surface area contributed by atoms with Gasteiger partial charge in [0.1, 0.15) is 0 Å². The van der Waals surface area contributed by atoms with E-state index in [9.17, 15) is 9.59 Å². The first-order valence-corrected chi connectivity index (χ1v) is 10.1. The Hall–Kier alpha value is -2.64. The number of carboxylic acid groups (broad SMARTS) is 1. The maximum atomic E-state index is 13.2. The van der Waals surface area contributed by atoms with Crippen molar-refractivity contribution in [3.05, 3.63) is 35.4 Å². The van der Waals surface area contributed by atoms with Crippen molar-refractivity contribution in [2.75, 3.05) is 13.1 Å². The van der Waals surface area contributed by atoms with Crippen molar-refractivity contribution in [3.63, 3.8) is 0 Å². The van der Waals surface area contributed by atoms with Crippen LogP contribution < -0.4 is 0 Å². The molecule has 8 heteroatoms. The molecule has 150 valence electrons. The molecule has 1 saturated carbocycles. The van der Waals surface area contributed by atoms with Crippen molar-refractivity contribution < 1.29 is 14.7 Å². The third-order valence-electron chi connectivity index (χ3n) is 6.01. The number of amides is 1. The molecule has 3 heterocycles. The summed E-state index contributed by atoms with van der Waals surface area (Å²) >= 11 is 0. The Kier molecular flexibility index (Phi) is 4.95. The minimum absolute atomic E-state index is 0.0709. The van der Waals surface area contributed by atoms with Gasteiger partial charge in [0.15, 0.2) is 0 Å². The van der Waals surface area contributed by atoms with Crippen molar-refractivity contribution in [1.82, 2.24) is 24.5 Å². The quantitative estimate of drug-likeness (QED) is 0.825. The van der Waals surface area contributed by atoms with Crippen LogP contribution in [0.1, 0.15) is 90.4 Å². The van der Waals surface area contributed by atoms with Gasteiger partial charge in [0.25, 0.3) is 5.91 Å². The van der Waals surface area contributed by atoms with Crippen LogP contribution in [-0.2, 0) is 0 Å². The first-order chi connectivity index (χ1) is 13.5. The van der Waals surface area contributed by atoms with Gasteiger partial charge in [0.2, 0.25) is 0 Å². The second-order valence-electron chi connectivity index (χ2n) is 7.96. The Labute approximate surface area is 164 Å². The number of aromatic carboxylic acids is 1. The van der Waals surface area contributed by atoms with Gasteiger partial charge in [-0.3, -0.25) is 14.2 Å². The maximum Gasteiger partial charge on any atom is 0.338 e. The van der Waals surface area contributed by atoms with Gasteiger partial charge in [-0.25, -0.2) is 4.79 Å². The van der Waals surface area contributed by atoms with Crippen molar-refractivity contribution in [2.45, 2.75) is 64.0 Å². The minimum Gasteiger partial charge on any atom is -0.478 e. The van der Waals surface area contributed by atoms with Crippen molar-refractivity contribution in [3.8, 4) is 0 Å². The van der Waals surface area contributed by atoms with Crippen LogP contribution in [0.5, 0.6) is 0 Å². The molecule has 1 atom stereocenters. The van der Waals surface area contributed by atoms with Crippen LogP contribution in [0.15, 0.2) is 18.6 Å². The van der Waals surface area contributed by atoms with E-state index in [-0.39, 0.29) is 17.5 Å². The van der Waals surface area contributed by atoms with Crippen molar-refractivity contribution in [2.24, 2.45) is 0 Å². The zero-order chi connectivity index (χ0) is 19.8. The van der Waals surface area contributed by atoms with Gasteiger partial charge in [0, 0.05) is 31.2 Å². The molecule has 1 aliphatic heterocycles. The van der Waals surface area contributed by atoms with E-state index in [0.29, 0.717) is 25.0 Å². The predicted molar refractivity (Wildman–Crippen MR) is 103 cm³/mol. The first kappa shape index (κ1) is 18.7. The van der Waals surface area contributed by atoms with E-state index in [1.807, 2.05) is 4.90 Å². The van der Waals surface area contributed by atoms with Crippen LogP contribution in [0.25, 0.3) is 0 Å². The number of likely N-dealkylation sites (tertiary alicyclic amines) is 1. The summed E-state index contributed by atoms with van der Waals surface area (Å²) in [6, 6.07) is 0.425. The average molecular weight is 385 g/mol. The molecule has 2 fully saturated rings. The monoisotopic (exact) mass is 385 g/mol. The van der Waals surface area contributed by atoms with Crippen LogP contribution in [0.3, 0.4) is 0 Å². The SMILES string of the molecule is CCC(C)n1ncc(C(=O)N2CCC(n3cc(C(=O)O)cn3)CC2)c1C1CC1. The molecule has 0 aromatic carbocycles. The molecule has 0 spiro atoms. The molecular weight excluding hydrogens is 358 g/mol. The summed E-state index contributed by atoms with van der Waals surface area (Å²) in [6.07, 6.45) is 9.50. The summed E-state index contributed by atoms with van der Waals surface area (Å²) in [4.78, 5) is 26.1. The number of piperidine rings is 1. The first-order valence-electron chi connectivity index (χ1n) is 10.1. The molecule has 1 unspecified atom stereocenters. The highest BCUT2D eigenvalue weighted by Gasteiger charge is 2.35. The lowest BCUT2D eigenvalue weighted by atomic mass is 10.0. The molecule has 2 aromatic rings. The molecule has 1 N–H and O–H groups in total. The molecule has 0 radical (unpaired) electrons. The number of hydrogen-bond donors (Lipinski definition) is 1. The Balaban J connectivity index is 1.45. The van der Waals surface area contributed by atoms with E-state index in [1.165, 1.54) is 6.20 Å². The highest BCUT2D eigenvalue weighted by atomic mass is 16.4. The van der Waals surface area contributed by atoms with Gasteiger partial charge >= 0.3 is 5.97 Å². The molecular formula is C20H27N5O3. The number of carboxylic acids is 1. The Bertz CT molecular complexity index is 874. The lowest BCUT2D eigenvalue weighted by molar-refractivity contribution is 0.0687. The highest BCUT2D eigenvalue weighted by molar-refractivity contribution is 5.95. The zero-order valence-corrected chi connectivity index (χ0v) is 16.4. The summed E-state index contributed by atoms with van der Waals surface area (Å²) < 4.78 is 3.77. The molecule has 28 heavy (non-hydrogen) atoms. The molecule has 1 saturated heterocycles. The average Bonchev–Trinajstić information content (AvgIpc) is 3.25. The fourth-order valence-electron chi connectivity index (χ4n) is 3.98. The van der Waals surface area contributed by atoms with E-state index in [2.05, 4.69) is 28.7 Å². The largest absolute Gasteiger partial charge is 0.478 e. The molecule has 2 aliphatic rings. The number of nitrogens with zero attached hydrogens (tertiary/aromatic N) is 5. The van der Waals surface area contributed by atoms with Gasteiger partial charge in [-0.2, -0.15) is 10.2 Å². The van der Waals surface area contributed by atoms with Crippen LogP contribution >= 0.6 is 0 Å². The Morgan fingerprint density at radius 3 is 2.46 bits per heavy atom. The predicted octanol–water partition coefficient (Wildman–Crippen LogP) is 3.10. The molecule has 1 amide bonds. The topological polar surface area (TPSA) is 93.2 Å². The van der Waals surface area contributed by atoms with Gasteiger partial charge in [-0.05, 0) is 39.0 Å². The number of aromatic nitrogens is 4. The maximum absolute atomic E-state index is 13.2. The lowest BCUT2D eigenvalue weighted by Crippen LogP contribution is -2.39. The molecule has 2 aromatic heterocycles. The fourth-order valence-corrected chi connectivity index (χ4v) is 3.98. The summed E-state index contributed by atoms with van der Waals surface area (Å²) in [6.45, 7) is 5.57. The number of carbonyl (C=O) groups excluding carboxylic acids is 1. The second-order valence-corrected chi connectivity index (χ2v) is 7.96. The minimum atomic E-state index is -0.968. The van der Waals surface area contributed by atoms with E-state index in [4.69, 9.17) is 5.11 Å². The summed E-state index contributed by atoms with van der Waals surface area (Å²) in [5.41, 5.74) is 2.07. The second kappa shape index (κ2) is 7.41. The molecule has 1 aliphatic carbocycles. The number of rotatable bonds is 6. The standard InChI is InChI=1S/C20H27N5O3/c1-3-13(2)25-18(14-4-5-14)17(11-22-25)19(26)23-8-6-16(7-9-23)24-12-15(10-21-24)20(27)28/h10-14,16H,3-9H2,1-2H3,(H,27,28). The summed E-state index contributed by atoms with van der Waals surface area (Å²) in [5, 5.41) is 17.8. The van der Waals surface area contributed by atoms with E-state index in [1.54, 1.807) is 17.1 Å². The van der Waals surface area contributed by atoms with Crippen LogP contribution in [0.2, 0.25) is 0 Å². The Morgan fingerprint density at radius 1 is 1.18 bits per heavy atom. The van der Waals surface area contributed by atoms with Gasteiger partial charge < -0.3 is 10.0 Å². The Morgan fingerprint density at radius 2 is 1.89 bits per heavy atom. The smallest absolute Gasteiger partial charge is 0.338 e. The molecule has 8 nitrogen and oxygen atoms in total. The van der Waals surface area contributed by atoms with Gasteiger partial charge in [0.05, 0.1) is 35.3 Å².